The summed E-state index contributed by atoms with van der Waals surface area (Å²) in [5, 5.41) is 0. The first kappa shape index (κ1) is 16.9. The maximum absolute atomic E-state index is 6.22. The van der Waals surface area contributed by atoms with Gasteiger partial charge in [-0.3, -0.25) is 4.90 Å². The second-order valence-corrected chi connectivity index (χ2v) is 6.50. The monoisotopic (exact) mass is 243 g/mol. The van der Waals surface area contributed by atoms with E-state index < -0.39 is 0 Å². The van der Waals surface area contributed by atoms with Crippen LogP contribution in [0.5, 0.6) is 0 Å². The van der Waals surface area contributed by atoms with E-state index in [2.05, 4.69) is 58.5 Å². The first-order chi connectivity index (χ1) is 7.68. The highest BCUT2D eigenvalue weighted by atomic mass is 15.2. The average Bonchev–Trinajstić information content (AvgIpc) is 2.15. The van der Waals surface area contributed by atoms with Crippen LogP contribution in [0.25, 0.3) is 0 Å². The molecule has 0 saturated heterocycles. The molecule has 0 aliphatic rings. The van der Waals surface area contributed by atoms with E-state index in [1.165, 1.54) is 0 Å². The predicted octanol–water partition coefficient (Wildman–Crippen LogP) is 2.02. The molecule has 0 aliphatic heterocycles. The van der Waals surface area contributed by atoms with Gasteiger partial charge in [-0.25, -0.2) is 0 Å². The van der Waals surface area contributed by atoms with Crippen LogP contribution in [-0.2, 0) is 0 Å². The SMILES string of the molecule is CCN(CCC(N)C(C)(C)C)C(C)CN(C)C. The predicted molar refractivity (Wildman–Crippen MR) is 77.3 cm³/mol. The third kappa shape index (κ3) is 7.02. The maximum atomic E-state index is 6.22. The number of nitrogens with two attached hydrogens (primary N) is 1. The van der Waals surface area contributed by atoms with Crippen LogP contribution in [0.1, 0.15) is 41.0 Å². The highest BCUT2D eigenvalue weighted by Crippen LogP contribution is 2.20. The zero-order valence-electron chi connectivity index (χ0n) is 13.0. The smallest absolute Gasteiger partial charge is 0.0194 e. The van der Waals surface area contributed by atoms with E-state index in [4.69, 9.17) is 5.73 Å². The van der Waals surface area contributed by atoms with Crippen LogP contribution < -0.4 is 5.73 Å². The Labute approximate surface area is 108 Å². The van der Waals surface area contributed by atoms with Gasteiger partial charge in [0.15, 0.2) is 0 Å². The summed E-state index contributed by atoms with van der Waals surface area (Å²) in [5.74, 6) is 0. The molecule has 0 saturated carbocycles. The molecule has 104 valence electrons. The fraction of sp³-hybridized carbons (Fsp3) is 1.00. The third-order valence-corrected chi connectivity index (χ3v) is 3.50. The zero-order chi connectivity index (χ0) is 13.6. The molecule has 0 amide bonds. The van der Waals surface area contributed by atoms with Crippen LogP contribution in [0.3, 0.4) is 0 Å². The molecular formula is C14H33N3. The standard InChI is InChI=1S/C14H33N3/c1-8-17(12(2)11-16(6)7)10-9-13(15)14(3,4)5/h12-13H,8-11,15H2,1-7H3. The second kappa shape index (κ2) is 7.34. The van der Waals surface area contributed by atoms with Gasteiger partial charge in [-0.2, -0.15) is 0 Å². The first-order valence-corrected chi connectivity index (χ1v) is 6.82. The number of likely N-dealkylation sites (N-methyl/N-ethyl adjacent to an activating group) is 2. The third-order valence-electron chi connectivity index (χ3n) is 3.50. The molecule has 3 nitrogen and oxygen atoms in total. The molecule has 0 spiro atoms. The van der Waals surface area contributed by atoms with Crippen molar-refractivity contribution in [2.45, 2.75) is 53.1 Å². The van der Waals surface area contributed by atoms with E-state index in [1.807, 2.05) is 0 Å². The highest BCUT2D eigenvalue weighted by Gasteiger charge is 2.22. The summed E-state index contributed by atoms with van der Waals surface area (Å²) in [6.45, 7) is 14.5. The number of hydrogen-bond donors (Lipinski definition) is 1. The minimum Gasteiger partial charge on any atom is -0.327 e. The summed E-state index contributed by atoms with van der Waals surface area (Å²) < 4.78 is 0. The van der Waals surface area contributed by atoms with E-state index in [1.54, 1.807) is 0 Å². The van der Waals surface area contributed by atoms with Crippen LogP contribution >= 0.6 is 0 Å². The van der Waals surface area contributed by atoms with Gasteiger partial charge < -0.3 is 10.6 Å². The zero-order valence-corrected chi connectivity index (χ0v) is 13.0. The van der Waals surface area contributed by atoms with E-state index in [-0.39, 0.29) is 11.5 Å². The van der Waals surface area contributed by atoms with E-state index >= 15 is 0 Å². The second-order valence-electron chi connectivity index (χ2n) is 6.50. The van der Waals surface area contributed by atoms with E-state index in [0.717, 1.165) is 26.1 Å². The Kier molecular flexibility index (Phi) is 7.29. The van der Waals surface area contributed by atoms with Crippen molar-refractivity contribution in [3.05, 3.63) is 0 Å². The normalized spacial score (nSPS) is 16.6. The van der Waals surface area contributed by atoms with Gasteiger partial charge in [0.05, 0.1) is 0 Å². The van der Waals surface area contributed by atoms with Crippen molar-refractivity contribution >= 4 is 0 Å². The van der Waals surface area contributed by atoms with Crippen molar-refractivity contribution in [1.29, 1.82) is 0 Å². The lowest BCUT2D eigenvalue weighted by Crippen LogP contribution is -2.44. The molecule has 0 fully saturated rings. The summed E-state index contributed by atoms with van der Waals surface area (Å²) in [7, 11) is 4.26. The van der Waals surface area contributed by atoms with Gasteiger partial charge in [0.25, 0.3) is 0 Å². The van der Waals surface area contributed by atoms with E-state index in [9.17, 15) is 0 Å². The van der Waals surface area contributed by atoms with Crippen LogP contribution in [-0.4, -0.2) is 55.6 Å². The maximum Gasteiger partial charge on any atom is 0.0194 e. The van der Waals surface area contributed by atoms with Crippen LogP contribution in [0.2, 0.25) is 0 Å². The van der Waals surface area contributed by atoms with Crippen LogP contribution in [0.15, 0.2) is 0 Å². The van der Waals surface area contributed by atoms with Gasteiger partial charge in [-0.05, 0) is 45.9 Å². The van der Waals surface area contributed by atoms with Crippen molar-refractivity contribution in [1.82, 2.24) is 9.80 Å². The Morgan fingerprint density at radius 3 is 2.06 bits per heavy atom. The molecule has 0 radical (unpaired) electrons. The Morgan fingerprint density at radius 1 is 1.18 bits per heavy atom. The fourth-order valence-corrected chi connectivity index (χ4v) is 2.07. The number of hydrogen-bond acceptors (Lipinski definition) is 3. The highest BCUT2D eigenvalue weighted by molar-refractivity contribution is 4.79. The largest absolute Gasteiger partial charge is 0.327 e. The molecule has 0 aromatic heterocycles. The Hall–Kier alpha value is -0.120. The summed E-state index contributed by atoms with van der Waals surface area (Å²) in [4.78, 5) is 4.77. The average molecular weight is 243 g/mol. The summed E-state index contributed by atoms with van der Waals surface area (Å²) >= 11 is 0. The van der Waals surface area contributed by atoms with E-state index in [0.29, 0.717) is 6.04 Å². The van der Waals surface area contributed by atoms with Gasteiger partial charge in [0, 0.05) is 18.6 Å². The van der Waals surface area contributed by atoms with Crippen molar-refractivity contribution in [2.24, 2.45) is 11.1 Å². The Bertz CT molecular complexity index is 196. The molecular weight excluding hydrogens is 210 g/mol. The van der Waals surface area contributed by atoms with Crippen LogP contribution in [0, 0.1) is 5.41 Å². The number of rotatable bonds is 7. The lowest BCUT2D eigenvalue weighted by Gasteiger charge is -2.33. The summed E-state index contributed by atoms with van der Waals surface area (Å²) in [6.07, 6.45) is 1.08. The molecule has 0 aliphatic carbocycles. The molecule has 0 aromatic carbocycles. The van der Waals surface area contributed by atoms with Crippen molar-refractivity contribution < 1.29 is 0 Å². The molecule has 3 heteroatoms. The lowest BCUT2D eigenvalue weighted by atomic mass is 9.85. The van der Waals surface area contributed by atoms with Gasteiger partial charge in [-0.1, -0.05) is 27.7 Å². The summed E-state index contributed by atoms with van der Waals surface area (Å²) in [6, 6.07) is 0.880. The fourth-order valence-electron chi connectivity index (χ4n) is 2.07. The quantitative estimate of drug-likeness (QED) is 0.742. The summed E-state index contributed by atoms with van der Waals surface area (Å²) in [5.41, 5.74) is 6.43. The number of nitrogens with zero attached hydrogens (tertiary/aromatic N) is 2. The molecule has 0 bridgehead atoms. The molecule has 2 N–H and O–H groups in total. The Morgan fingerprint density at radius 2 is 1.71 bits per heavy atom. The lowest BCUT2D eigenvalue weighted by molar-refractivity contribution is 0.164. The van der Waals surface area contributed by atoms with Crippen molar-refractivity contribution in [2.75, 3.05) is 33.7 Å². The van der Waals surface area contributed by atoms with Gasteiger partial charge in [-0.15, -0.1) is 0 Å². The molecule has 2 atom stereocenters. The van der Waals surface area contributed by atoms with Gasteiger partial charge >= 0.3 is 0 Å². The molecule has 17 heavy (non-hydrogen) atoms. The topological polar surface area (TPSA) is 32.5 Å². The molecule has 0 aromatic rings. The molecule has 2 unspecified atom stereocenters. The van der Waals surface area contributed by atoms with Crippen molar-refractivity contribution in [3.8, 4) is 0 Å². The van der Waals surface area contributed by atoms with Crippen molar-refractivity contribution in [3.63, 3.8) is 0 Å². The Balaban J connectivity index is 4.14. The molecule has 0 rings (SSSR count). The first-order valence-electron chi connectivity index (χ1n) is 6.82. The minimum absolute atomic E-state index is 0.212. The minimum atomic E-state index is 0.212. The van der Waals surface area contributed by atoms with Crippen LogP contribution in [0.4, 0.5) is 0 Å². The van der Waals surface area contributed by atoms with Gasteiger partial charge in [0.1, 0.15) is 0 Å². The molecule has 0 heterocycles. The van der Waals surface area contributed by atoms with Gasteiger partial charge in [0.2, 0.25) is 0 Å².